The van der Waals surface area contributed by atoms with Crippen molar-refractivity contribution in [1.29, 1.82) is 0 Å². The summed E-state index contributed by atoms with van der Waals surface area (Å²) in [5, 5.41) is 5.49. The number of piperidine rings is 1. The highest BCUT2D eigenvalue weighted by atomic mass is 16.5. The Morgan fingerprint density at radius 1 is 1.10 bits per heavy atom. The van der Waals surface area contributed by atoms with E-state index in [0.29, 0.717) is 5.82 Å². The minimum atomic E-state index is 0.138. The van der Waals surface area contributed by atoms with E-state index >= 15 is 0 Å². The number of hydrogen-bond acceptors (Lipinski definition) is 8. The Labute approximate surface area is 179 Å². The first-order chi connectivity index (χ1) is 15.1. The van der Waals surface area contributed by atoms with Crippen molar-refractivity contribution in [3.8, 4) is 23.0 Å². The van der Waals surface area contributed by atoms with Gasteiger partial charge in [-0.1, -0.05) is 0 Å². The molecule has 2 N–H and O–H groups in total. The number of methoxy groups -OCH3 is 1. The van der Waals surface area contributed by atoms with Crippen molar-refractivity contribution >= 4 is 16.7 Å². The van der Waals surface area contributed by atoms with E-state index in [1.165, 1.54) is 0 Å². The lowest BCUT2D eigenvalue weighted by atomic mass is 10.1. The van der Waals surface area contributed by atoms with E-state index < -0.39 is 0 Å². The molecule has 31 heavy (non-hydrogen) atoms. The second-order valence-corrected chi connectivity index (χ2v) is 7.77. The van der Waals surface area contributed by atoms with Crippen LogP contribution in [0.4, 0.5) is 5.82 Å². The Bertz CT molecular complexity index is 1240. The number of fused-ring (bicyclic) bond motifs is 1. The summed E-state index contributed by atoms with van der Waals surface area (Å²) in [6.45, 7) is 3.57. The van der Waals surface area contributed by atoms with Gasteiger partial charge in [-0.25, -0.2) is 14.6 Å². The molecule has 158 valence electrons. The van der Waals surface area contributed by atoms with Crippen LogP contribution < -0.4 is 15.4 Å². The lowest BCUT2D eigenvalue weighted by Gasteiger charge is -2.32. The van der Waals surface area contributed by atoms with Crippen LogP contribution in [-0.4, -0.2) is 56.0 Å². The molecule has 9 nitrogen and oxygen atoms in total. The fourth-order valence-electron chi connectivity index (χ4n) is 3.96. The lowest BCUT2D eigenvalue weighted by Crippen LogP contribution is -2.43. The van der Waals surface area contributed by atoms with E-state index in [2.05, 4.69) is 25.0 Å². The maximum Gasteiger partial charge on any atom is 0.173 e. The Kier molecular flexibility index (Phi) is 4.95. The number of nitrogens with zero attached hydrogens (tertiary/aromatic N) is 7. The Balaban J connectivity index is 1.59. The van der Waals surface area contributed by atoms with E-state index in [1.807, 2.05) is 29.8 Å². The summed E-state index contributed by atoms with van der Waals surface area (Å²) in [4.78, 5) is 20.4. The third-order valence-electron chi connectivity index (χ3n) is 5.49. The van der Waals surface area contributed by atoms with Gasteiger partial charge in [-0.2, -0.15) is 5.10 Å². The molecule has 0 radical (unpaired) electrons. The van der Waals surface area contributed by atoms with Crippen LogP contribution in [-0.2, 0) is 0 Å². The quantitative estimate of drug-likeness (QED) is 0.541. The Hall–Kier alpha value is -3.59. The van der Waals surface area contributed by atoms with E-state index in [0.717, 1.165) is 65.5 Å². The van der Waals surface area contributed by atoms with Crippen molar-refractivity contribution in [2.75, 3.05) is 25.1 Å². The van der Waals surface area contributed by atoms with Gasteiger partial charge in [0.1, 0.15) is 5.69 Å². The van der Waals surface area contributed by atoms with Crippen LogP contribution in [0.2, 0.25) is 0 Å². The van der Waals surface area contributed by atoms with E-state index in [-0.39, 0.29) is 6.04 Å². The minimum absolute atomic E-state index is 0.138. The van der Waals surface area contributed by atoms with Gasteiger partial charge in [0, 0.05) is 36.9 Å². The first-order valence-electron chi connectivity index (χ1n) is 10.3. The molecule has 0 unspecified atom stereocenters. The fourth-order valence-corrected chi connectivity index (χ4v) is 3.96. The smallest absolute Gasteiger partial charge is 0.173 e. The summed E-state index contributed by atoms with van der Waals surface area (Å²) in [5.74, 6) is 2.22. The maximum absolute atomic E-state index is 6.20. The van der Waals surface area contributed by atoms with E-state index in [9.17, 15) is 0 Å². The lowest BCUT2D eigenvalue weighted by molar-refractivity contribution is 0.408. The Morgan fingerprint density at radius 3 is 2.81 bits per heavy atom. The zero-order valence-electron chi connectivity index (χ0n) is 17.6. The molecule has 0 saturated carbocycles. The van der Waals surface area contributed by atoms with Gasteiger partial charge in [-0.05, 0) is 38.0 Å². The first-order valence-corrected chi connectivity index (χ1v) is 10.3. The first kappa shape index (κ1) is 19.4. The third kappa shape index (κ3) is 3.68. The van der Waals surface area contributed by atoms with Crippen LogP contribution in [0.3, 0.4) is 0 Å². The SMILES string of the molecule is COc1ccc(-n2ncc3cnc(-c4cncc(C)n4)cc32)nc1N1CCC[C@H](N)C1. The molecular formula is C22H24N8O. The number of nitrogens with two attached hydrogens (primary N) is 1. The van der Waals surface area contributed by atoms with Crippen LogP contribution in [0.25, 0.3) is 28.1 Å². The molecule has 0 spiro atoms. The van der Waals surface area contributed by atoms with Gasteiger partial charge in [-0.15, -0.1) is 0 Å². The molecule has 0 bridgehead atoms. The maximum atomic E-state index is 6.20. The van der Waals surface area contributed by atoms with E-state index in [1.54, 1.807) is 31.9 Å². The molecular weight excluding hydrogens is 392 g/mol. The highest BCUT2D eigenvalue weighted by Gasteiger charge is 2.22. The largest absolute Gasteiger partial charge is 0.493 e. The van der Waals surface area contributed by atoms with Gasteiger partial charge in [0.15, 0.2) is 17.4 Å². The number of aromatic nitrogens is 6. The Morgan fingerprint density at radius 2 is 2.00 bits per heavy atom. The van der Waals surface area contributed by atoms with Gasteiger partial charge >= 0.3 is 0 Å². The number of pyridine rings is 2. The molecule has 5 rings (SSSR count). The summed E-state index contributed by atoms with van der Waals surface area (Å²) >= 11 is 0. The molecule has 4 aromatic heterocycles. The van der Waals surface area contributed by atoms with Gasteiger partial charge < -0.3 is 15.4 Å². The van der Waals surface area contributed by atoms with Crippen molar-refractivity contribution in [2.45, 2.75) is 25.8 Å². The monoisotopic (exact) mass is 416 g/mol. The summed E-state index contributed by atoms with van der Waals surface area (Å²) in [5.41, 5.74) is 9.39. The van der Waals surface area contributed by atoms with Crippen LogP contribution in [0.15, 0.2) is 43.0 Å². The number of rotatable bonds is 4. The van der Waals surface area contributed by atoms with Crippen LogP contribution >= 0.6 is 0 Å². The molecule has 5 heterocycles. The third-order valence-corrected chi connectivity index (χ3v) is 5.49. The highest BCUT2D eigenvalue weighted by Crippen LogP contribution is 2.30. The second-order valence-electron chi connectivity index (χ2n) is 7.77. The van der Waals surface area contributed by atoms with Crippen molar-refractivity contribution in [2.24, 2.45) is 5.73 Å². The minimum Gasteiger partial charge on any atom is -0.493 e. The predicted octanol–water partition coefficient (Wildman–Crippen LogP) is 2.52. The molecule has 1 aliphatic heterocycles. The van der Waals surface area contributed by atoms with Crippen LogP contribution in [0.1, 0.15) is 18.5 Å². The van der Waals surface area contributed by atoms with Crippen LogP contribution in [0.5, 0.6) is 5.75 Å². The number of aryl methyl sites for hydroxylation is 1. The zero-order chi connectivity index (χ0) is 21.4. The number of ether oxygens (including phenoxy) is 1. The normalized spacial score (nSPS) is 16.6. The van der Waals surface area contributed by atoms with Crippen LogP contribution in [0, 0.1) is 6.92 Å². The molecule has 9 heteroatoms. The standard InChI is InChI=1S/C22H24N8O/c1-14-9-24-12-18(27-14)17-8-19-15(10-25-17)11-26-30(19)21-6-5-20(31-2)22(28-21)29-7-3-4-16(23)13-29/h5-6,8-12,16H,3-4,7,13,23H2,1-2H3/t16-/m0/s1. The zero-order valence-corrected chi connectivity index (χ0v) is 17.6. The number of hydrogen-bond donors (Lipinski definition) is 1. The van der Waals surface area contributed by atoms with Crippen molar-refractivity contribution in [1.82, 2.24) is 29.7 Å². The molecule has 0 aromatic carbocycles. The second kappa shape index (κ2) is 7.92. The molecule has 1 aliphatic rings. The molecule has 4 aromatic rings. The summed E-state index contributed by atoms with van der Waals surface area (Å²) in [6, 6.07) is 5.94. The molecule has 1 atom stereocenters. The molecule has 1 saturated heterocycles. The van der Waals surface area contributed by atoms with Gasteiger partial charge in [0.25, 0.3) is 0 Å². The van der Waals surface area contributed by atoms with Crippen molar-refractivity contribution in [3.63, 3.8) is 0 Å². The molecule has 1 fully saturated rings. The topological polar surface area (TPSA) is 108 Å². The predicted molar refractivity (Wildman–Crippen MR) is 118 cm³/mol. The molecule has 0 amide bonds. The van der Waals surface area contributed by atoms with Gasteiger partial charge in [0.2, 0.25) is 0 Å². The van der Waals surface area contributed by atoms with Gasteiger partial charge in [0.05, 0.1) is 36.4 Å². The summed E-state index contributed by atoms with van der Waals surface area (Å²) < 4.78 is 7.40. The average molecular weight is 416 g/mol. The summed E-state index contributed by atoms with van der Waals surface area (Å²) in [7, 11) is 1.66. The fraction of sp³-hybridized carbons (Fsp3) is 0.318. The average Bonchev–Trinajstić information content (AvgIpc) is 3.22. The van der Waals surface area contributed by atoms with E-state index in [4.69, 9.17) is 15.5 Å². The highest BCUT2D eigenvalue weighted by molar-refractivity contribution is 5.82. The molecule has 0 aliphatic carbocycles. The van der Waals surface area contributed by atoms with Crippen molar-refractivity contribution in [3.05, 3.63) is 48.7 Å². The number of anilines is 1. The summed E-state index contributed by atoms with van der Waals surface area (Å²) in [6.07, 6.45) is 9.09. The van der Waals surface area contributed by atoms with Gasteiger partial charge in [-0.3, -0.25) is 9.97 Å². The van der Waals surface area contributed by atoms with Crippen molar-refractivity contribution < 1.29 is 4.74 Å².